The summed E-state index contributed by atoms with van der Waals surface area (Å²) >= 11 is 0. The van der Waals surface area contributed by atoms with Gasteiger partial charge in [-0.3, -0.25) is 4.79 Å². The number of hydrogen-bond acceptors (Lipinski definition) is 4. The summed E-state index contributed by atoms with van der Waals surface area (Å²) in [7, 11) is 0. The van der Waals surface area contributed by atoms with Crippen LogP contribution in [-0.4, -0.2) is 30.9 Å². The van der Waals surface area contributed by atoms with Crippen molar-refractivity contribution in [2.24, 2.45) is 0 Å². The lowest BCUT2D eigenvalue weighted by Gasteiger charge is -2.05. The van der Waals surface area contributed by atoms with E-state index in [-0.39, 0.29) is 25.6 Å². The van der Waals surface area contributed by atoms with Crippen LogP contribution in [0.2, 0.25) is 0 Å². The van der Waals surface area contributed by atoms with Crippen molar-refractivity contribution in [3.8, 4) is 5.75 Å². The van der Waals surface area contributed by atoms with Gasteiger partial charge in [0, 0.05) is 0 Å². The number of hydrogen-bond donors (Lipinski definition) is 1. The smallest absolute Gasteiger partial charge is 0.310 e. The molecule has 0 amide bonds. The zero-order chi connectivity index (χ0) is 11.8. The van der Waals surface area contributed by atoms with Gasteiger partial charge in [-0.15, -0.1) is 0 Å². The fourth-order valence-electron chi connectivity index (χ4n) is 1.25. The number of aliphatic hydroxyl groups excluding tert-OH is 1. The molecule has 0 aliphatic carbocycles. The SMILES string of the molecule is CCOC(=O)Cc1ccc(OCCO)cc1. The zero-order valence-corrected chi connectivity index (χ0v) is 9.31. The maximum absolute atomic E-state index is 11.2. The molecule has 0 saturated heterocycles. The highest BCUT2D eigenvalue weighted by Gasteiger charge is 2.03. The van der Waals surface area contributed by atoms with Crippen LogP contribution in [0.5, 0.6) is 5.75 Å². The van der Waals surface area contributed by atoms with Crippen LogP contribution >= 0.6 is 0 Å². The first kappa shape index (κ1) is 12.5. The molecule has 0 aromatic heterocycles. The van der Waals surface area contributed by atoms with Crippen molar-refractivity contribution in [2.75, 3.05) is 19.8 Å². The monoisotopic (exact) mass is 224 g/mol. The van der Waals surface area contributed by atoms with Gasteiger partial charge in [0.1, 0.15) is 12.4 Å². The van der Waals surface area contributed by atoms with E-state index >= 15 is 0 Å². The number of carbonyl (C=O) groups is 1. The van der Waals surface area contributed by atoms with E-state index in [1.807, 2.05) is 12.1 Å². The van der Waals surface area contributed by atoms with Gasteiger partial charge in [-0.1, -0.05) is 12.1 Å². The van der Waals surface area contributed by atoms with E-state index in [1.54, 1.807) is 19.1 Å². The third-order valence-electron chi connectivity index (χ3n) is 1.94. The minimum Gasteiger partial charge on any atom is -0.491 e. The molecule has 0 saturated carbocycles. The van der Waals surface area contributed by atoms with Gasteiger partial charge in [0.15, 0.2) is 0 Å². The minimum atomic E-state index is -0.230. The van der Waals surface area contributed by atoms with Gasteiger partial charge in [-0.25, -0.2) is 0 Å². The van der Waals surface area contributed by atoms with Crippen LogP contribution in [0.4, 0.5) is 0 Å². The third-order valence-corrected chi connectivity index (χ3v) is 1.94. The van der Waals surface area contributed by atoms with Gasteiger partial charge >= 0.3 is 5.97 Å². The topological polar surface area (TPSA) is 55.8 Å². The van der Waals surface area contributed by atoms with Gasteiger partial charge in [0.2, 0.25) is 0 Å². The molecule has 4 nitrogen and oxygen atoms in total. The minimum absolute atomic E-state index is 0.00935. The lowest BCUT2D eigenvalue weighted by molar-refractivity contribution is -0.142. The lowest BCUT2D eigenvalue weighted by Crippen LogP contribution is -2.07. The molecule has 0 radical (unpaired) electrons. The van der Waals surface area contributed by atoms with Gasteiger partial charge in [0.05, 0.1) is 19.6 Å². The molecule has 0 aliphatic heterocycles. The van der Waals surface area contributed by atoms with E-state index < -0.39 is 0 Å². The Morgan fingerprint density at radius 2 is 2.00 bits per heavy atom. The fraction of sp³-hybridized carbons (Fsp3) is 0.417. The van der Waals surface area contributed by atoms with E-state index in [2.05, 4.69) is 0 Å². The summed E-state index contributed by atoms with van der Waals surface area (Å²) in [6.45, 7) is 2.45. The Morgan fingerprint density at radius 1 is 1.31 bits per heavy atom. The van der Waals surface area contributed by atoms with E-state index in [1.165, 1.54) is 0 Å². The van der Waals surface area contributed by atoms with Crippen molar-refractivity contribution in [3.05, 3.63) is 29.8 Å². The second kappa shape index (κ2) is 6.85. The van der Waals surface area contributed by atoms with Crippen LogP contribution in [0.15, 0.2) is 24.3 Å². The largest absolute Gasteiger partial charge is 0.491 e. The lowest BCUT2D eigenvalue weighted by atomic mass is 10.1. The predicted molar refractivity (Wildman–Crippen MR) is 59.4 cm³/mol. The molecule has 0 atom stereocenters. The van der Waals surface area contributed by atoms with Crippen molar-refractivity contribution in [1.82, 2.24) is 0 Å². The quantitative estimate of drug-likeness (QED) is 0.737. The molecule has 0 heterocycles. The van der Waals surface area contributed by atoms with E-state index in [0.717, 1.165) is 5.56 Å². The number of carbonyl (C=O) groups excluding carboxylic acids is 1. The summed E-state index contributed by atoms with van der Waals surface area (Å²) in [5, 5.41) is 8.57. The summed E-state index contributed by atoms with van der Waals surface area (Å²) in [6, 6.07) is 7.15. The molecule has 1 N–H and O–H groups in total. The van der Waals surface area contributed by atoms with Crippen LogP contribution in [-0.2, 0) is 16.0 Å². The Kier molecular flexibility index (Phi) is 5.36. The van der Waals surface area contributed by atoms with Crippen LogP contribution in [0.3, 0.4) is 0 Å². The Labute approximate surface area is 94.8 Å². The Bertz CT molecular complexity index is 318. The number of benzene rings is 1. The Hall–Kier alpha value is -1.55. The Balaban J connectivity index is 2.47. The zero-order valence-electron chi connectivity index (χ0n) is 9.31. The van der Waals surface area contributed by atoms with Crippen molar-refractivity contribution < 1.29 is 19.4 Å². The second-order valence-corrected chi connectivity index (χ2v) is 3.20. The fourth-order valence-corrected chi connectivity index (χ4v) is 1.25. The molecule has 1 aromatic rings. The maximum Gasteiger partial charge on any atom is 0.310 e. The van der Waals surface area contributed by atoms with Crippen molar-refractivity contribution in [2.45, 2.75) is 13.3 Å². The molecule has 1 aromatic carbocycles. The van der Waals surface area contributed by atoms with Crippen LogP contribution in [0, 0.1) is 0 Å². The molecular weight excluding hydrogens is 208 g/mol. The first-order chi connectivity index (χ1) is 7.76. The standard InChI is InChI=1S/C12H16O4/c1-2-15-12(14)9-10-3-5-11(6-4-10)16-8-7-13/h3-6,13H,2,7-9H2,1H3. The molecule has 0 bridgehead atoms. The van der Waals surface area contributed by atoms with Crippen molar-refractivity contribution in [1.29, 1.82) is 0 Å². The molecule has 1 rings (SSSR count). The predicted octanol–water partition coefficient (Wildman–Crippen LogP) is 1.16. The third kappa shape index (κ3) is 4.31. The van der Waals surface area contributed by atoms with Crippen LogP contribution < -0.4 is 4.74 Å². The van der Waals surface area contributed by atoms with E-state index in [4.69, 9.17) is 14.6 Å². The number of aliphatic hydroxyl groups is 1. The first-order valence-electron chi connectivity index (χ1n) is 5.24. The van der Waals surface area contributed by atoms with Crippen molar-refractivity contribution >= 4 is 5.97 Å². The summed E-state index contributed by atoms with van der Waals surface area (Å²) in [5.74, 6) is 0.452. The highest BCUT2D eigenvalue weighted by molar-refractivity contribution is 5.72. The van der Waals surface area contributed by atoms with Gasteiger partial charge in [-0.2, -0.15) is 0 Å². The summed E-state index contributed by atoms with van der Waals surface area (Å²) in [4.78, 5) is 11.2. The average molecular weight is 224 g/mol. The van der Waals surface area contributed by atoms with E-state index in [9.17, 15) is 4.79 Å². The molecule has 88 valence electrons. The van der Waals surface area contributed by atoms with Gasteiger partial charge < -0.3 is 14.6 Å². The van der Waals surface area contributed by atoms with Gasteiger partial charge in [0.25, 0.3) is 0 Å². The van der Waals surface area contributed by atoms with Gasteiger partial charge in [-0.05, 0) is 24.6 Å². The summed E-state index contributed by atoms with van der Waals surface area (Å²) < 4.78 is 10.0. The number of rotatable bonds is 6. The number of ether oxygens (including phenoxy) is 2. The van der Waals surface area contributed by atoms with Crippen LogP contribution in [0.1, 0.15) is 12.5 Å². The molecular formula is C12H16O4. The normalized spacial score (nSPS) is 9.88. The summed E-state index contributed by atoms with van der Waals surface area (Å²) in [6.07, 6.45) is 0.272. The highest BCUT2D eigenvalue weighted by Crippen LogP contribution is 2.12. The molecule has 0 spiro atoms. The molecule has 0 fully saturated rings. The first-order valence-corrected chi connectivity index (χ1v) is 5.24. The average Bonchev–Trinajstić information content (AvgIpc) is 2.28. The molecule has 16 heavy (non-hydrogen) atoms. The highest BCUT2D eigenvalue weighted by atomic mass is 16.5. The Morgan fingerprint density at radius 3 is 2.56 bits per heavy atom. The second-order valence-electron chi connectivity index (χ2n) is 3.20. The van der Waals surface area contributed by atoms with Crippen LogP contribution in [0.25, 0.3) is 0 Å². The van der Waals surface area contributed by atoms with E-state index in [0.29, 0.717) is 12.4 Å². The molecule has 0 unspecified atom stereocenters. The maximum atomic E-state index is 11.2. The summed E-state index contributed by atoms with van der Waals surface area (Å²) in [5.41, 5.74) is 0.884. The van der Waals surface area contributed by atoms with Crippen molar-refractivity contribution in [3.63, 3.8) is 0 Å². The molecule has 4 heteroatoms. The number of esters is 1. The molecule has 0 aliphatic rings.